The maximum atomic E-state index is 13.6. The Hall–Kier alpha value is -1.42. The van der Waals surface area contributed by atoms with E-state index in [1.165, 1.54) is 12.1 Å². The molecule has 1 unspecified atom stereocenters. The first-order valence-corrected chi connectivity index (χ1v) is 6.82. The lowest BCUT2D eigenvalue weighted by Gasteiger charge is -2.16. The summed E-state index contributed by atoms with van der Waals surface area (Å²) < 4.78 is 13.6. The average Bonchev–Trinajstić information content (AvgIpc) is 2.36. The summed E-state index contributed by atoms with van der Waals surface area (Å²) in [5.41, 5.74) is 6.46. The smallest absolute Gasteiger partial charge is 0.254 e. The van der Waals surface area contributed by atoms with Crippen molar-refractivity contribution in [3.05, 3.63) is 35.1 Å². The molecule has 0 saturated carbocycles. The van der Waals surface area contributed by atoms with E-state index >= 15 is 0 Å². The monoisotopic (exact) mass is 266 g/mol. The normalized spacial score (nSPS) is 12.2. The first-order valence-electron chi connectivity index (χ1n) is 6.82. The molecule has 4 heteroatoms. The molecule has 0 bridgehead atoms. The van der Waals surface area contributed by atoms with E-state index in [4.69, 9.17) is 5.73 Å². The van der Waals surface area contributed by atoms with Crippen LogP contribution in [0.3, 0.4) is 0 Å². The SMILES string of the molecule is CCCC(CCN)CNC(=O)c1ccc(C)cc1F. The van der Waals surface area contributed by atoms with Crippen LogP contribution >= 0.6 is 0 Å². The van der Waals surface area contributed by atoms with E-state index in [9.17, 15) is 9.18 Å². The molecule has 0 radical (unpaired) electrons. The quantitative estimate of drug-likeness (QED) is 0.797. The molecule has 1 rings (SSSR count). The Morgan fingerprint density at radius 2 is 2.16 bits per heavy atom. The lowest BCUT2D eigenvalue weighted by molar-refractivity contribution is 0.0941. The van der Waals surface area contributed by atoms with E-state index in [1.807, 2.05) is 0 Å². The van der Waals surface area contributed by atoms with Crippen LogP contribution < -0.4 is 11.1 Å². The lowest BCUT2D eigenvalue weighted by atomic mass is 9.99. The molecule has 106 valence electrons. The van der Waals surface area contributed by atoms with Crippen LogP contribution in [0.5, 0.6) is 0 Å². The van der Waals surface area contributed by atoms with Gasteiger partial charge >= 0.3 is 0 Å². The van der Waals surface area contributed by atoms with Crippen molar-refractivity contribution in [2.45, 2.75) is 33.1 Å². The van der Waals surface area contributed by atoms with Crippen molar-refractivity contribution in [2.75, 3.05) is 13.1 Å². The fourth-order valence-corrected chi connectivity index (χ4v) is 2.13. The molecule has 0 aliphatic heterocycles. The largest absolute Gasteiger partial charge is 0.352 e. The maximum Gasteiger partial charge on any atom is 0.254 e. The number of halogens is 1. The van der Waals surface area contributed by atoms with Crippen molar-refractivity contribution in [1.29, 1.82) is 0 Å². The predicted molar refractivity (Wildman–Crippen MR) is 75.5 cm³/mol. The number of carbonyl (C=O) groups excluding carboxylic acids is 1. The minimum atomic E-state index is -0.469. The van der Waals surface area contributed by atoms with Crippen LogP contribution in [0.25, 0.3) is 0 Å². The Morgan fingerprint density at radius 3 is 2.74 bits per heavy atom. The minimum absolute atomic E-state index is 0.105. The Kier molecular flexibility index (Phi) is 6.50. The van der Waals surface area contributed by atoms with Crippen LogP contribution in [0.15, 0.2) is 18.2 Å². The molecule has 0 heterocycles. The Bertz CT molecular complexity index is 415. The van der Waals surface area contributed by atoms with Crippen molar-refractivity contribution in [2.24, 2.45) is 11.7 Å². The third-order valence-electron chi connectivity index (χ3n) is 3.19. The zero-order valence-electron chi connectivity index (χ0n) is 11.7. The lowest BCUT2D eigenvalue weighted by Crippen LogP contribution is -2.30. The van der Waals surface area contributed by atoms with Crippen molar-refractivity contribution >= 4 is 5.91 Å². The zero-order valence-corrected chi connectivity index (χ0v) is 11.7. The molecular formula is C15H23FN2O. The number of amides is 1. The molecule has 1 aromatic carbocycles. The molecule has 0 saturated heterocycles. The number of carbonyl (C=O) groups is 1. The molecule has 0 aromatic heterocycles. The summed E-state index contributed by atoms with van der Waals surface area (Å²) in [6.07, 6.45) is 2.96. The van der Waals surface area contributed by atoms with Gasteiger partial charge in [-0.05, 0) is 49.9 Å². The van der Waals surface area contributed by atoms with Crippen LogP contribution in [-0.4, -0.2) is 19.0 Å². The number of nitrogens with one attached hydrogen (secondary N) is 1. The number of nitrogens with two attached hydrogens (primary N) is 1. The molecule has 19 heavy (non-hydrogen) atoms. The maximum absolute atomic E-state index is 13.6. The van der Waals surface area contributed by atoms with Gasteiger partial charge in [0.25, 0.3) is 5.91 Å². The molecule has 3 N–H and O–H groups in total. The van der Waals surface area contributed by atoms with Crippen LogP contribution in [0.4, 0.5) is 4.39 Å². The van der Waals surface area contributed by atoms with Gasteiger partial charge in [0, 0.05) is 6.54 Å². The highest BCUT2D eigenvalue weighted by atomic mass is 19.1. The Labute approximate surface area is 114 Å². The molecule has 1 aromatic rings. The van der Waals surface area contributed by atoms with Crippen molar-refractivity contribution in [3.8, 4) is 0 Å². The van der Waals surface area contributed by atoms with E-state index in [0.717, 1.165) is 24.8 Å². The van der Waals surface area contributed by atoms with E-state index < -0.39 is 5.82 Å². The van der Waals surface area contributed by atoms with Gasteiger partial charge in [0.05, 0.1) is 5.56 Å². The fourth-order valence-electron chi connectivity index (χ4n) is 2.13. The first-order chi connectivity index (χ1) is 9.08. The molecule has 0 aliphatic carbocycles. The van der Waals surface area contributed by atoms with Crippen LogP contribution in [0.2, 0.25) is 0 Å². The summed E-state index contributed by atoms with van der Waals surface area (Å²) in [5, 5.41) is 2.79. The number of hydrogen-bond acceptors (Lipinski definition) is 2. The topological polar surface area (TPSA) is 55.1 Å². The first kappa shape index (κ1) is 15.6. The molecule has 3 nitrogen and oxygen atoms in total. The second-order valence-electron chi connectivity index (χ2n) is 4.93. The van der Waals surface area contributed by atoms with Gasteiger partial charge in [-0.2, -0.15) is 0 Å². The highest BCUT2D eigenvalue weighted by Gasteiger charge is 2.13. The van der Waals surface area contributed by atoms with E-state index in [2.05, 4.69) is 12.2 Å². The summed E-state index contributed by atoms with van der Waals surface area (Å²) >= 11 is 0. The van der Waals surface area contributed by atoms with Gasteiger partial charge in [-0.15, -0.1) is 0 Å². The van der Waals surface area contributed by atoms with Crippen molar-refractivity contribution < 1.29 is 9.18 Å². The summed E-state index contributed by atoms with van der Waals surface area (Å²) in [7, 11) is 0. The third-order valence-corrected chi connectivity index (χ3v) is 3.19. The highest BCUT2D eigenvalue weighted by Crippen LogP contribution is 2.12. The fraction of sp³-hybridized carbons (Fsp3) is 0.533. The molecule has 1 atom stereocenters. The second kappa shape index (κ2) is 7.89. The van der Waals surface area contributed by atoms with Gasteiger partial charge in [0.1, 0.15) is 5.82 Å². The van der Waals surface area contributed by atoms with Gasteiger partial charge in [-0.3, -0.25) is 4.79 Å². The Balaban J connectivity index is 2.58. The van der Waals surface area contributed by atoms with Gasteiger partial charge in [0.15, 0.2) is 0 Å². The number of benzene rings is 1. The van der Waals surface area contributed by atoms with Gasteiger partial charge in [0.2, 0.25) is 0 Å². The number of rotatable bonds is 7. The second-order valence-corrected chi connectivity index (χ2v) is 4.93. The third kappa shape index (κ3) is 4.99. The van der Waals surface area contributed by atoms with E-state index in [-0.39, 0.29) is 11.5 Å². The number of hydrogen-bond donors (Lipinski definition) is 2. The minimum Gasteiger partial charge on any atom is -0.352 e. The zero-order chi connectivity index (χ0) is 14.3. The molecule has 1 amide bonds. The molecule has 0 fully saturated rings. The van der Waals surface area contributed by atoms with Crippen molar-refractivity contribution in [1.82, 2.24) is 5.32 Å². The Morgan fingerprint density at radius 1 is 1.42 bits per heavy atom. The van der Waals surface area contributed by atoms with Gasteiger partial charge in [-0.25, -0.2) is 4.39 Å². The molecular weight excluding hydrogens is 243 g/mol. The summed E-state index contributed by atoms with van der Waals surface area (Å²) in [6.45, 7) is 5.06. The molecule has 0 aliphatic rings. The predicted octanol–water partition coefficient (Wildman–Crippen LogP) is 2.63. The highest BCUT2D eigenvalue weighted by molar-refractivity contribution is 5.94. The average molecular weight is 266 g/mol. The number of aryl methyl sites for hydroxylation is 1. The van der Waals surface area contributed by atoms with E-state index in [0.29, 0.717) is 19.0 Å². The van der Waals surface area contributed by atoms with Gasteiger partial charge < -0.3 is 11.1 Å². The van der Waals surface area contributed by atoms with Crippen LogP contribution in [0.1, 0.15) is 42.1 Å². The summed E-state index contributed by atoms with van der Waals surface area (Å²) in [6, 6.07) is 4.64. The van der Waals surface area contributed by atoms with E-state index in [1.54, 1.807) is 13.0 Å². The van der Waals surface area contributed by atoms with Crippen molar-refractivity contribution in [3.63, 3.8) is 0 Å². The summed E-state index contributed by atoms with van der Waals surface area (Å²) in [5.74, 6) is -0.452. The summed E-state index contributed by atoms with van der Waals surface area (Å²) in [4.78, 5) is 11.9. The van der Waals surface area contributed by atoms with Gasteiger partial charge in [-0.1, -0.05) is 19.4 Å². The van der Waals surface area contributed by atoms with Crippen LogP contribution in [0, 0.1) is 18.7 Å². The van der Waals surface area contributed by atoms with Crippen LogP contribution in [-0.2, 0) is 0 Å². The standard InChI is InChI=1S/C15H23FN2O/c1-3-4-12(7-8-17)10-18-15(19)13-6-5-11(2)9-14(13)16/h5-6,9,12H,3-4,7-8,10,17H2,1-2H3,(H,18,19). The molecule has 0 spiro atoms.